The first kappa shape index (κ1) is 15.9. The number of aryl methyl sites for hydroxylation is 1. The van der Waals surface area contributed by atoms with Crippen molar-refractivity contribution < 1.29 is 19.1 Å². The van der Waals surface area contributed by atoms with Gasteiger partial charge in [-0.2, -0.15) is 0 Å². The maximum atomic E-state index is 13.2. The number of rotatable bonds is 3. The van der Waals surface area contributed by atoms with Gasteiger partial charge in [0.1, 0.15) is 12.4 Å². The average Bonchev–Trinajstić information content (AvgIpc) is 2.29. The molecule has 0 saturated heterocycles. The van der Waals surface area contributed by atoms with E-state index < -0.39 is 24.1 Å². The number of carbonyl (C=O) groups excluding carboxylic acids is 1. The fraction of sp³-hybridized carbons (Fsp3) is 0.429. The maximum Gasteiger partial charge on any atom is 0.323 e. The third-order valence-electron chi connectivity index (χ3n) is 2.76. The zero-order chi connectivity index (χ0) is 15.5. The molecule has 0 saturated carbocycles. The van der Waals surface area contributed by atoms with E-state index in [1.165, 1.54) is 23.1 Å². The number of aliphatic carboxylic acids is 1. The molecule has 0 fully saturated rings. The summed E-state index contributed by atoms with van der Waals surface area (Å²) in [5.74, 6) is -1.45. The van der Waals surface area contributed by atoms with E-state index in [0.29, 0.717) is 11.3 Å². The van der Waals surface area contributed by atoms with Gasteiger partial charge in [-0.15, -0.1) is 0 Å². The van der Waals surface area contributed by atoms with Gasteiger partial charge in [-0.25, -0.2) is 9.18 Å². The minimum absolute atomic E-state index is 0.360. The number of carboxylic acids is 1. The number of benzene rings is 1. The topological polar surface area (TPSA) is 69.6 Å². The predicted octanol–water partition coefficient (Wildman–Crippen LogP) is 2.85. The van der Waals surface area contributed by atoms with Crippen LogP contribution in [0.4, 0.5) is 14.9 Å². The van der Waals surface area contributed by atoms with Crippen LogP contribution in [0.5, 0.6) is 0 Å². The summed E-state index contributed by atoms with van der Waals surface area (Å²) in [5.41, 5.74) is 0.189. The van der Waals surface area contributed by atoms with E-state index in [-0.39, 0.29) is 5.82 Å². The summed E-state index contributed by atoms with van der Waals surface area (Å²) in [5, 5.41) is 11.5. The quantitative estimate of drug-likeness (QED) is 0.895. The fourth-order valence-electron chi connectivity index (χ4n) is 1.66. The Kier molecular flexibility index (Phi) is 4.70. The van der Waals surface area contributed by atoms with E-state index in [4.69, 9.17) is 5.11 Å². The Morgan fingerprint density at radius 2 is 1.95 bits per heavy atom. The Hall–Kier alpha value is -2.11. The van der Waals surface area contributed by atoms with Gasteiger partial charge < -0.3 is 15.3 Å². The lowest BCUT2D eigenvalue weighted by molar-refractivity contribution is -0.138. The molecule has 1 aromatic rings. The summed E-state index contributed by atoms with van der Waals surface area (Å²) in [6, 6.07) is 3.64. The van der Waals surface area contributed by atoms with E-state index in [9.17, 15) is 14.0 Å². The summed E-state index contributed by atoms with van der Waals surface area (Å²) >= 11 is 0. The highest BCUT2D eigenvalue weighted by Crippen LogP contribution is 2.18. The number of anilines is 1. The second-order valence-corrected chi connectivity index (χ2v) is 5.54. The van der Waals surface area contributed by atoms with Crippen molar-refractivity contribution in [3.63, 3.8) is 0 Å². The van der Waals surface area contributed by atoms with E-state index in [2.05, 4.69) is 5.32 Å². The van der Waals surface area contributed by atoms with Crippen molar-refractivity contribution in [2.24, 2.45) is 0 Å². The SMILES string of the molecule is Cc1cc(NC(=O)N(CC(=O)O)C(C)(C)C)ccc1F. The second-order valence-electron chi connectivity index (χ2n) is 5.54. The number of nitrogens with one attached hydrogen (secondary N) is 1. The number of halogens is 1. The van der Waals surface area contributed by atoms with Crippen LogP contribution in [0, 0.1) is 12.7 Å². The van der Waals surface area contributed by atoms with Crippen molar-refractivity contribution in [1.82, 2.24) is 4.90 Å². The number of carboxylic acid groups (broad SMARTS) is 1. The number of nitrogens with zero attached hydrogens (tertiary/aromatic N) is 1. The van der Waals surface area contributed by atoms with Crippen LogP contribution in [-0.2, 0) is 4.79 Å². The maximum absolute atomic E-state index is 13.2. The molecule has 0 radical (unpaired) electrons. The Morgan fingerprint density at radius 1 is 1.35 bits per heavy atom. The molecule has 0 heterocycles. The molecule has 0 bridgehead atoms. The summed E-state index contributed by atoms with van der Waals surface area (Å²) in [6.07, 6.45) is 0. The van der Waals surface area contributed by atoms with E-state index >= 15 is 0 Å². The highest BCUT2D eigenvalue weighted by atomic mass is 19.1. The van der Waals surface area contributed by atoms with Crippen LogP contribution in [-0.4, -0.2) is 34.1 Å². The number of hydrogen-bond acceptors (Lipinski definition) is 2. The highest BCUT2D eigenvalue weighted by Gasteiger charge is 2.28. The number of amides is 2. The van der Waals surface area contributed by atoms with E-state index in [0.717, 1.165) is 0 Å². The van der Waals surface area contributed by atoms with Gasteiger partial charge in [-0.3, -0.25) is 4.79 Å². The Balaban J connectivity index is 2.90. The van der Waals surface area contributed by atoms with Gasteiger partial charge in [0, 0.05) is 11.2 Å². The first-order chi connectivity index (χ1) is 9.11. The van der Waals surface area contributed by atoms with Crippen molar-refractivity contribution in [3.8, 4) is 0 Å². The molecule has 0 aliphatic heterocycles. The van der Waals surface area contributed by atoms with Gasteiger partial charge in [0.2, 0.25) is 0 Å². The zero-order valence-corrected chi connectivity index (χ0v) is 12.0. The van der Waals surface area contributed by atoms with Crippen molar-refractivity contribution >= 4 is 17.7 Å². The predicted molar refractivity (Wildman–Crippen MR) is 74.3 cm³/mol. The zero-order valence-electron chi connectivity index (χ0n) is 12.0. The summed E-state index contributed by atoms with van der Waals surface area (Å²) in [4.78, 5) is 24.2. The minimum atomic E-state index is -1.09. The molecule has 0 unspecified atom stereocenters. The number of hydrogen-bond donors (Lipinski definition) is 2. The lowest BCUT2D eigenvalue weighted by Crippen LogP contribution is -2.50. The standard InChI is InChI=1S/C14H19FN2O3/c1-9-7-10(5-6-11(9)15)16-13(20)17(8-12(18)19)14(2,3)4/h5-7H,8H2,1-4H3,(H,16,20)(H,18,19). The van der Waals surface area contributed by atoms with Crippen molar-refractivity contribution in [1.29, 1.82) is 0 Å². The van der Waals surface area contributed by atoms with Crippen LogP contribution in [0.25, 0.3) is 0 Å². The normalized spacial score (nSPS) is 11.1. The second kappa shape index (κ2) is 5.90. The minimum Gasteiger partial charge on any atom is -0.480 e. The average molecular weight is 282 g/mol. The molecule has 0 aliphatic carbocycles. The van der Waals surface area contributed by atoms with Gasteiger partial charge in [0.15, 0.2) is 0 Å². The van der Waals surface area contributed by atoms with Crippen LogP contribution < -0.4 is 5.32 Å². The fourth-order valence-corrected chi connectivity index (χ4v) is 1.66. The van der Waals surface area contributed by atoms with Crippen molar-refractivity contribution in [3.05, 3.63) is 29.6 Å². The van der Waals surface area contributed by atoms with Gasteiger partial charge in [0.25, 0.3) is 0 Å². The molecule has 2 amide bonds. The molecule has 0 aliphatic rings. The lowest BCUT2D eigenvalue weighted by atomic mass is 10.1. The highest BCUT2D eigenvalue weighted by molar-refractivity contribution is 5.91. The van der Waals surface area contributed by atoms with Crippen molar-refractivity contribution in [2.45, 2.75) is 33.2 Å². The van der Waals surface area contributed by atoms with Gasteiger partial charge in [-0.05, 0) is 51.5 Å². The van der Waals surface area contributed by atoms with E-state index in [1.807, 2.05) is 0 Å². The number of urea groups is 1. The van der Waals surface area contributed by atoms with Gasteiger partial charge in [0.05, 0.1) is 0 Å². The molecular formula is C14H19FN2O3. The molecule has 5 nitrogen and oxygen atoms in total. The number of carbonyl (C=O) groups is 2. The smallest absolute Gasteiger partial charge is 0.323 e. The summed E-state index contributed by atoms with van der Waals surface area (Å²) in [6.45, 7) is 6.40. The van der Waals surface area contributed by atoms with E-state index in [1.54, 1.807) is 27.7 Å². The molecule has 1 rings (SSSR count). The molecule has 0 spiro atoms. The molecule has 110 valence electrons. The lowest BCUT2D eigenvalue weighted by Gasteiger charge is -2.34. The van der Waals surface area contributed by atoms with Gasteiger partial charge in [-0.1, -0.05) is 0 Å². The molecule has 0 aromatic heterocycles. The molecule has 1 aromatic carbocycles. The Morgan fingerprint density at radius 3 is 2.40 bits per heavy atom. The molecule has 20 heavy (non-hydrogen) atoms. The van der Waals surface area contributed by atoms with Crippen LogP contribution >= 0.6 is 0 Å². The molecule has 2 N–H and O–H groups in total. The van der Waals surface area contributed by atoms with Crippen molar-refractivity contribution in [2.75, 3.05) is 11.9 Å². The molecule has 6 heteroatoms. The first-order valence-corrected chi connectivity index (χ1v) is 6.18. The third-order valence-corrected chi connectivity index (χ3v) is 2.76. The Labute approximate surface area is 117 Å². The molecular weight excluding hydrogens is 263 g/mol. The third kappa shape index (κ3) is 4.22. The van der Waals surface area contributed by atoms with Crippen LogP contribution in [0.2, 0.25) is 0 Å². The molecule has 0 atom stereocenters. The first-order valence-electron chi connectivity index (χ1n) is 6.18. The van der Waals surface area contributed by atoms with Gasteiger partial charge >= 0.3 is 12.0 Å². The van der Waals surface area contributed by atoms with Crippen LogP contribution in [0.1, 0.15) is 26.3 Å². The Bertz CT molecular complexity index is 524. The monoisotopic (exact) mass is 282 g/mol. The van der Waals surface area contributed by atoms with Crippen LogP contribution in [0.3, 0.4) is 0 Å². The summed E-state index contributed by atoms with van der Waals surface area (Å²) < 4.78 is 13.2. The van der Waals surface area contributed by atoms with Crippen LogP contribution in [0.15, 0.2) is 18.2 Å². The largest absolute Gasteiger partial charge is 0.480 e. The summed E-state index contributed by atoms with van der Waals surface area (Å²) in [7, 11) is 0.